The monoisotopic (exact) mass is 405 g/mol. The number of pyridine rings is 1. The minimum atomic E-state index is 0. The number of rotatable bonds is 2. The summed E-state index contributed by atoms with van der Waals surface area (Å²) in [6.45, 7) is 0.884. The van der Waals surface area contributed by atoms with Crippen LogP contribution in [0.4, 0.5) is 0 Å². The second-order valence-electron chi connectivity index (χ2n) is 3.28. The van der Waals surface area contributed by atoms with Crippen LogP contribution in [0.2, 0.25) is 0 Å². The maximum absolute atomic E-state index is 3.54. The summed E-state index contributed by atoms with van der Waals surface area (Å²) in [5, 5.41) is 0. The number of halogens is 3. The molecule has 0 aliphatic carbocycles. The Morgan fingerprint density at radius 3 is 2.31 bits per heavy atom. The van der Waals surface area contributed by atoms with E-state index in [1.165, 1.54) is 5.56 Å². The first kappa shape index (κ1) is 13.9. The largest absolute Gasteiger partial charge is 1.00 e. The zero-order valence-corrected chi connectivity index (χ0v) is 13.2. The molecule has 0 amide bonds. The van der Waals surface area contributed by atoms with Crippen molar-refractivity contribution in [1.29, 1.82) is 0 Å². The van der Waals surface area contributed by atoms with Crippen molar-refractivity contribution < 1.29 is 21.5 Å². The van der Waals surface area contributed by atoms with Crippen molar-refractivity contribution in [2.75, 3.05) is 0 Å². The maximum atomic E-state index is 3.54. The normalized spacial score (nSPS) is 9.62. The fraction of sp³-hybridized carbons (Fsp3) is 0.0833. The minimum Gasteiger partial charge on any atom is -1.00 e. The minimum absolute atomic E-state index is 0. The third-order valence-corrected chi connectivity index (χ3v) is 3.32. The van der Waals surface area contributed by atoms with E-state index in [0.29, 0.717) is 0 Å². The number of aromatic nitrogens is 1. The van der Waals surface area contributed by atoms with Crippen LogP contribution in [0.3, 0.4) is 0 Å². The lowest BCUT2D eigenvalue weighted by atomic mass is 10.2. The van der Waals surface area contributed by atoms with Gasteiger partial charge >= 0.3 is 0 Å². The van der Waals surface area contributed by atoms with Crippen molar-refractivity contribution in [1.82, 2.24) is 0 Å². The van der Waals surface area contributed by atoms with Gasteiger partial charge in [0.2, 0.25) is 4.60 Å². The first-order chi connectivity index (χ1) is 7.25. The zero-order valence-electron chi connectivity index (χ0n) is 8.41. The average molecular weight is 408 g/mol. The Kier molecular flexibility index (Phi) is 5.66. The van der Waals surface area contributed by atoms with Gasteiger partial charge in [-0.3, -0.25) is 0 Å². The van der Waals surface area contributed by atoms with E-state index in [2.05, 4.69) is 66.9 Å². The molecule has 0 N–H and O–H groups in total. The van der Waals surface area contributed by atoms with E-state index in [0.717, 1.165) is 15.6 Å². The van der Waals surface area contributed by atoms with E-state index in [1.54, 1.807) is 0 Å². The molecular weight excluding hydrogens is 398 g/mol. The zero-order chi connectivity index (χ0) is 10.7. The van der Waals surface area contributed by atoms with E-state index in [4.69, 9.17) is 0 Å². The molecule has 1 aromatic carbocycles. The summed E-state index contributed by atoms with van der Waals surface area (Å²) in [4.78, 5) is 0. The van der Waals surface area contributed by atoms with Crippen molar-refractivity contribution in [2.45, 2.75) is 6.54 Å². The van der Waals surface area contributed by atoms with Crippen molar-refractivity contribution in [3.05, 3.63) is 63.3 Å². The highest BCUT2D eigenvalue weighted by Crippen LogP contribution is 2.13. The second-order valence-corrected chi connectivity index (χ2v) is 5.01. The van der Waals surface area contributed by atoms with Crippen LogP contribution in [0.1, 0.15) is 5.56 Å². The Hall–Kier alpha value is -0.190. The third kappa shape index (κ3) is 3.68. The molecule has 1 nitrogen and oxygen atoms in total. The Labute approximate surface area is 123 Å². The van der Waals surface area contributed by atoms with Crippen molar-refractivity contribution in [3.63, 3.8) is 0 Å². The number of hydrogen-bond acceptors (Lipinski definition) is 0. The molecule has 0 bridgehead atoms. The molecule has 4 heteroatoms. The van der Waals surface area contributed by atoms with Gasteiger partial charge in [0, 0.05) is 38.1 Å². The summed E-state index contributed by atoms with van der Waals surface area (Å²) in [6.07, 6.45) is 2.06. The molecule has 0 fully saturated rings. The van der Waals surface area contributed by atoms with E-state index in [9.17, 15) is 0 Å². The Morgan fingerprint density at radius 1 is 1.00 bits per heavy atom. The highest BCUT2D eigenvalue weighted by atomic mass is 79.9. The maximum Gasteiger partial charge on any atom is 0.249 e. The van der Waals surface area contributed by atoms with Crippen LogP contribution in [0.15, 0.2) is 57.7 Å². The van der Waals surface area contributed by atoms with Crippen LogP contribution in [0.25, 0.3) is 0 Å². The molecule has 0 saturated carbocycles. The molecule has 84 valence electrons. The molecule has 0 radical (unpaired) electrons. The van der Waals surface area contributed by atoms with E-state index < -0.39 is 0 Å². The van der Waals surface area contributed by atoms with E-state index >= 15 is 0 Å². The van der Waals surface area contributed by atoms with Gasteiger partial charge in [0.1, 0.15) is 0 Å². The van der Waals surface area contributed by atoms with Crippen molar-refractivity contribution in [2.24, 2.45) is 0 Å². The SMILES string of the molecule is Brc1cc[n+](Cc2ccccc2)c(Br)c1.[Br-]. The molecule has 0 aliphatic heterocycles. The van der Waals surface area contributed by atoms with Gasteiger partial charge in [-0.1, -0.05) is 46.3 Å². The topological polar surface area (TPSA) is 3.88 Å². The quantitative estimate of drug-likeness (QED) is 0.506. The first-order valence-electron chi connectivity index (χ1n) is 4.64. The molecule has 0 aliphatic rings. The third-order valence-electron chi connectivity index (χ3n) is 2.14. The van der Waals surface area contributed by atoms with Gasteiger partial charge in [0.15, 0.2) is 12.7 Å². The number of nitrogens with zero attached hydrogens (tertiary/aromatic N) is 1. The van der Waals surface area contributed by atoms with E-state index in [1.807, 2.05) is 18.2 Å². The van der Waals surface area contributed by atoms with Crippen molar-refractivity contribution >= 4 is 31.9 Å². The molecular formula is C12H10Br3N. The summed E-state index contributed by atoms with van der Waals surface area (Å²) in [5.41, 5.74) is 1.30. The predicted octanol–water partition coefficient (Wildman–Crippen LogP) is 0.551. The lowest BCUT2D eigenvalue weighted by Gasteiger charge is -1.99. The molecule has 2 aromatic rings. The average Bonchev–Trinajstić information content (AvgIpc) is 2.24. The number of hydrogen-bond donors (Lipinski definition) is 0. The number of benzene rings is 1. The Bertz CT molecular complexity index is 457. The first-order valence-corrected chi connectivity index (χ1v) is 6.23. The van der Waals surface area contributed by atoms with Gasteiger partial charge in [-0.15, -0.1) is 0 Å². The Balaban J connectivity index is 0.00000128. The molecule has 0 saturated heterocycles. The highest BCUT2D eigenvalue weighted by Gasteiger charge is 2.08. The fourth-order valence-corrected chi connectivity index (χ4v) is 2.52. The lowest BCUT2D eigenvalue weighted by molar-refractivity contribution is -0.699. The van der Waals surface area contributed by atoms with Gasteiger partial charge in [-0.2, -0.15) is 4.57 Å². The smallest absolute Gasteiger partial charge is 0.249 e. The van der Waals surface area contributed by atoms with Crippen LogP contribution in [-0.2, 0) is 6.54 Å². The molecule has 0 spiro atoms. The second kappa shape index (κ2) is 6.52. The summed E-state index contributed by atoms with van der Waals surface area (Å²) >= 11 is 6.98. The van der Waals surface area contributed by atoms with Crippen molar-refractivity contribution in [3.8, 4) is 0 Å². The molecule has 16 heavy (non-hydrogen) atoms. The predicted molar refractivity (Wildman–Crippen MR) is 67.6 cm³/mol. The standard InChI is InChI=1S/C12H10Br2N.BrH/c13-11-6-7-15(12(14)8-11)9-10-4-2-1-3-5-10;/h1-8H,9H2;1H/q+1;/p-1. The fourth-order valence-electron chi connectivity index (χ4n) is 1.39. The summed E-state index contributed by atoms with van der Waals surface area (Å²) < 4.78 is 4.31. The van der Waals surface area contributed by atoms with E-state index in [-0.39, 0.29) is 17.0 Å². The van der Waals surface area contributed by atoms with Gasteiger partial charge in [-0.25, -0.2) is 0 Å². The summed E-state index contributed by atoms with van der Waals surface area (Å²) in [7, 11) is 0. The van der Waals surface area contributed by atoms with Gasteiger partial charge in [-0.05, 0) is 0 Å². The summed E-state index contributed by atoms with van der Waals surface area (Å²) in [6, 6.07) is 14.5. The van der Waals surface area contributed by atoms with Gasteiger partial charge < -0.3 is 17.0 Å². The highest BCUT2D eigenvalue weighted by molar-refractivity contribution is 9.11. The molecule has 0 unspecified atom stereocenters. The lowest BCUT2D eigenvalue weighted by Crippen LogP contribution is -3.00. The van der Waals surface area contributed by atoms with Crippen LogP contribution >= 0.6 is 31.9 Å². The molecule has 0 atom stereocenters. The summed E-state index contributed by atoms with van der Waals surface area (Å²) in [5.74, 6) is 0. The molecule has 2 rings (SSSR count). The molecule has 1 heterocycles. The van der Waals surface area contributed by atoms with Crippen LogP contribution in [0, 0.1) is 0 Å². The van der Waals surface area contributed by atoms with Gasteiger partial charge in [0.05, 0.1) is 0 Å². The molecule has 1 aromatic heterocycles. The Morgan fingerprint density at radius 2 is 1.69 bits per heavy atom. The van der Waals surface area contributed by atoms with Gasteiger partial charge in [0.25, 0.3) is 0 Å². The van der Waals surface area contributed by atoms with Crippen LogP contribution in [0.5, 0.6) is 0 Å². The van der Waals surface area contributed by atoms with Crippen LogP contribution in [-0.4, -0.2) is 0 Å². The van der Waals surface area contributed by atoms with Crippen LogP contribution < -0.4 is 21.5 Å².